The van der Waals surface area contributed by atoms with Gasteiger partial charge in [0.05, 0.1) is 0 Å². The molecular formula is C55H87NS2. The second-order valence-corrected chi connectivity index (χ2v) is 27.9. The van der Waals surface area contributed by atoms with Crippen molar-refractivity contribution >= 4 is 23.5 Å². The molecular weight excluding hydrogens is 739 g/mol. The van der Waals surface area contributed by atoms with Crippen molar-refractivity contribution in [2.45, 2.75) is 251 Å². The Labute approximate surface area is 365 Å². The van der Waals surface area contributed by atoms with Gasteiger partial charge in [-0.1, -0.05) is 89.9 Å². The lowest BCUT2D eigenvalue weighted by Gasteiger charge is -2.55. The van der Waals surface area contributed by atoms with Gasteiger partial charge in [-0.2, -0.15) is 23.5 Å². The lowest BCUT2D eigenvalue weighted by Crippen LogP contribution is -2.56. The predicted molar refractivity (Wildman–Crippen MR) is 247 cm³/mol. The van der Waals surface area contributed by atoms with E-state index in [1.807, 2.05) is 0 Å². The Kier molecular flexibility index (Phi) is 10.8. The molecule has 20 atom stereocenters. The largest absolute Gasteiger partial charge is 0.294 e. The SMILES string of the molecule is C1CCC(N(C2CCCC(C3CCCC4C5CCC6SC7CCCCC7C6C5SC34)C2)C2CCC3C4CCCCC4C4(C5CCCCC5C5CCCCC54)C3C2)CC1. The molecule has 58 heavy (non-hydrogen) atoms. The first-order valence-electron chi connectivity index (χ1n) is 27.9. The first-order chi connectivity index (χ1) is 28.8. The van der Waals surface area contributed by atoms with Gasteiger partial charge in [0.1, 0.15) is 0 Å². The second-order valence-electron chi connectivity index (χ2n) is 25.0. The van der Waals surface area contributed by atoms with Crippen LogP contribution in [-0.4, -0.2) is 44.0 Å². The molecule has 1 nitrogen and oxygen atoms in total. The van der Waals surface area contributed by atoms with E-state index in [1.54, 1.807) is 186 Å². The summed E-state index contributed by atoms with van der Waals surface area (Å²) < 4.78 is 0. The summed E-state index contributed by atoms with van der Waals surface area (Å²) in [5.41, 5.74) is 0.764. The van der Waals surface area contributed by atoms with Crippen molar-refractivity contribution in [1.29, 1.82) is 0 Å². The molecule has 13 rings (SSSR count). The van der Waals surface area contributed by atoms with E-state index >= 15 is 0 Å². The van der Waals surface area contributed by atoms with Crippen molar-refractivity contribution in [1.82, 2.24) is 4.90 Å². The molecule has 13 fully saturated rings. The number of hydrogen-bond donors (Lipinski definition) is 0. The first-order valence-corrected chi connectivity index (χ1v) is 29.7. The quantitative estimate of drug-likeness (QED) is 0.278. The lowest BCUT2D eigenvalue weighted by molar-refractivity contribution is -0.0651. The van der Waals surface area contributed by atoms with Crippen LogP contribution in [0.15, 0.2) is 0 Å². The highest BCUT2D eigenvalue weighted by atomic mass is 32.2. The van der Waals surface area contributed by atoms with Gasteiger partial charge in [0, 0.05) is 39.1 Å². The molecule has 0 aromatic carbocycles. The molecule has 13 aliphatic rings. The zero-order chi connectivity index (χ0) is 38.0. The molecule has 0 amide bonds. The van der Waals surface area contributed by atoms with Crippen molar-refractivity contribution in [3.63, 3.8) is 0 Å². The van der Waals surface area contributed by atoms with Crippen LogP contribution in [0.4, 0.5) is 0 Å². The van der Waals surface area contributed by atoms with Gasteiger partial charge in [-0.25, -0.2) is 0 Å². The third kappa shape index (κ3) is 6.03. The fraction of sp³-hybridized carbons (Fsp3) is 1.00. The molecule has 0 aromatic heterocycles. The maximum Gasteiger partial charge on any atom is 0.0123 e. The van der Waals surface area contributed by atoms with Crippen LogP contribution in [0.3, 0.4) is 0 Å². The average Bonchev–Trinajstić information content (AvgIpc) is 4.02. The molecule has 3 heteroatoms. The molecule has 0 bridgehead atoms. The van der Waals surface area contributed by atoms with Gasteiger partial charge in [0.2, 0.25) is 0 Å². The molecule has 11 aliphatic carbocycles. The van der Waals surface area contributed by atoms with Gasteiger partial charge in [-0.05, 0) is 210 Å². The number of rotatable bonds is 4. The van der Waals surface area contributed by atoms with Crippen LogP contribution in [-0.2, 0) is 0 Å². The fourth-order valence-electron chi connectivity index (χ4n) is 22.3. The van der Waals surface area contributed by atoms with Gasteiger partial charge >= 0.3 is 0 Å². The molecule has 1 spiro atoms. The fourth-order valence-corrected chi connectivity index (χ4v) is 27.0. The van der Waals surface area contributed by atoms with E-state index in [0.717, 1.165) is 127 Å². The zero-order valence-electron chi connectivity index (χ0n) is 37.2. The number of nitrogens with zero attached hydrogens (tertiary/aromatic N) is 1. The Morgan fingerprint density at radius 1 is 0.310 bits per heavy atom. The summed E-state index contributed by atoms with van der Waals surface area (Å²) in [5, 5.41) is 4.17. The van der Waals surface area contributed by atoms with Gasteiger partial charge in [-0.3, -0.25) is 4.90 Å². The van der Waals surface area contributed by atoms with E-state index in [1.165, 1.54) is 25.7 Å². The number of thioether (sulfide) groups is 2. The highest BCUT2D eigenvalue weighted by Crippen LogP contribution is 2.78. The van der Waals surface area contributed by atoms with Crippen molar-refractivity contribution in [3.05, 3.63) is 0 Å². The Balaban J connectivity index is 0.790. The highest BCUT2D eigenvalue weighted by Gasteiger charge is 2.72. The van der Waals surface area contributed by atoms with Gasteiger partial charge in [0.25, 0.3) is 0 Å². The Morgan fingerprint density at radius 3 is 1.59 bits per heavy atom. The van der Waals surface area contributed by atoms with Crippen LogP contribution in [0.2, 0.25) is 0 Å². The highest BCUT2D eigenvalue weighted by molar-refractivity contribution is 8.02. The minimum absolute atomic E-state index is 0.764. The molecule has 0 radical (unpaired) electrons. The van der Waals surface area contributed by atoms with E-state index in [-0.39, 0.29) is 0 Å². The van der Waals surface area contributed by atoms with Gasteiger partial charge in [0.15, 0.2) is 0 Å². The lowest BCUT2D eigenvalue weighted by atomic mass is 9.52. The predicted octanol–water partition coefficient (Wildman–Crippen LogP) is 15.0. The summed E-state index contributed by atoms with van der Waals surface area (Å²) in [6.45, 7) is 0. The maximum atomic E-state index is 3.51. The molecule has 0 aromatic rings. The van der Waals surface area contributed by atoms with E-state index in [2.05, 4.69) is 28.4 Å². The van der Waals surface area contributed by atoms with E-state index in [9.17, 15) is 0 Å². The molecule has 324 valence electrons. The summed E-state index contributed by atoms with van der Waals surface area (Å²) in [4.78, 5) is 3.51. The van der Waals surface area contributed by atoms with Crippen molar-refractivity contribution < 1.29 is 0 Å². The summed E-state index contributed by atoms with van der Waals surface area (Å²) in [5.74, 6) is 15.5. The smallest absolute Gasteiger partial charge is 0.0123 e. The molecule has 0 N–H and O–H groups in total. The normalized spacial score (nSPS) is 56.4. The van der Waals surface area contributed by atoms with Crippen LogP contribution in [0.25, 0.3) is 0 Å². The van der Waals surface area contributed by atoms with Gasteiger partial charge in [-0.15, -0.1) is 0 Å². The summed E-state index contributed by atoms with van der Waals surface area (Å²) >= 11 is 5.23. The summed E-state index contributed by atoms with van der Waals surface area (Å²) in [6.07, 6.45) is 52.5. The van der Waals surface area contributed by atoms with E-state index in [0.29, 0.717) is 0 Å². The van der Waals surface area contributed by atoms with Crippen LogP contribution < -0.4 is 0 Å². The molecule has 2 aliphatic heterocycles. The minimum Gasteiger partial charge on any atom is -0.294 e. The molecule has 20 unspecified atom stereocenters. The van der Waals surface area contributed by atoms with Crippen molar-refractivity contribution in [3.8, 4) is 0 Å². The van der Waals surface area contributed by atoms with Gasteiger partial charge < -0.3 is 0 Å². The molecule has 2 saturated heterocycles. The van der Waals surface area contributed by atoms with E-state index < -0.39 is 0 Å². The Morgan fingerprint density at radius 2 is 0.845 bits per heavy atom. The monoisotopic (exact) mass is 826 g/mol. The van der Waals surface area contributed by atoms with Crippen LogP contribution in [0.5, 0.6) is 0 Å². The first kappa shape index (κ1) is 39.1. The van der Waals surface area contributed by atoms with Crippen LogP contribution in [0, 0.1) is 88.3 Å². The summed E-state index contributed by atoms with van der Waals surface area (Å²) in [6, 6.07) is 2.78. The van der Waals surface area contributed by atoms with Crippen LogP contribution >= 0.6 is 23.5 Å². The second kappa shape index (κ2) is 16.0. The van der Waals surface area contributed by atoms with E-state index in [4.69, 9.17) is 0 Å². The number of fused-ring (bicyclic) bond motifs is 17. The zero-order valence-corrected chi connectivity index (χ0v) is 38.9. The summed E-state index contributed by atoms with van der Waals surface area (Å²) in [7, 11) is 0. The minimum atomic E-state index is 0.764. The standard InChI is InChI=1S/C55H87NS2/c1-2-15-35(16-3-1)56(37-28-29-42-41-20-6-10-26-48(41)55(49(42)33-37)46-24-8-4-18-39(46)40-19-5-9-25-47(40)55)36-17-12-14-34(32-36)38-22-13-23-43-44-30-31-51-52(54(44)58-53(38)43)45-21-7-11-27-50(45)57-51/h34-54H,1-33H2. The molecule has 11 saturated carbocycles. The van der Waals surface area contributed by atoms with Crippen molar-refractivity contribution in [2.75, 3.05) is 0 Å². The average molecular weight is 826 g/mol. The Hall–Kier alpha value is 0.660. The van der Waals surface area contributed by atoms with Crippen LogP contribution in [0.1, 0.15) is 212 Å². The number of hydrogen-bond acceptors (Lipinski definition) is 3. The topological polar surface area (TPSA) is 3.24 Å². The third-order valence-corrected chi connectivity index (χ3v) is 27.4. The van der Waals surface area contributed by atoms with Crippen molar-refractivity contribution in [2.24, 2.45) is 88.3 Å². The Bertz CT molecular complexity index is 1420. The third-order valence-electron chi connectivity index (χ3n) is 23.5. The maximum absolute atomic E-state index is 3.51. The molecule has 2 heterocycles.